The van der Waals surface area contributed by atoms with Crippen molar-refractivity contribution in [2.24, 2.45) is 0 Å². The van der Waals surface area contributed by atoms with Crippen molar-refractivity contribution in [3.63, 3.8) is 0 Å². The lowest BCUT2D eigenvalue weighted by molar-refractivity contribution is 0.0270. The third-order valence-corrected chi connectivity index (χ3v) is 5.26. The van der Waals surface area contributed by atoms with Crippen LogP contribution in [0.2, 0.25) is 0 Å². The Kier molecular flexibility index (Phi) is 5.61. The Hall–Kier alpha value is -3.81. The summed E-state index contributed by atoms with van der Waals surface area (Å²) in [6, 6.07) is 9.51. The molecule has 2 aromatic heterocycles. The summed E-state index contributed by atoms with van der Waals surface area (Å²) < 4.78 is 5.47. The molecular formula is C24H28N6O2. The number of pyridine rings is 1. The molecule has 5 N–H and O–H groups in total. The number of aromatic amines is 1. The third-order valence-electron chi connectivity index (χ3n) is 5.26. The van der Waals surface area contributed by atoms with E-state index in [0.717, 1.165) is 40.1 Å². The van der Waals surface area contributed by atoms with Crippen molar-refractivity contribution in [1.82, 2.24) is 14.9 Å². The molecule has 0 fully saturated rings. The number of aromatic nitrogens is 2. The number of hydrogen-bond acceptors (Lipinski definition) is 6. The summed E-state index contributed by atoms with van der Waals surface area (Å²) >= 11 is 0. The van der Waals surface area contributed by atoms with Crippen LogP contribution in [-0.4, -0.2) is 45.9 Å². The van der Waals surface area contributed by atoms with E-state index in [0.29, 0.717) is 24.3 Å². The average molecular weight is 433 g/mol. The number of nitrogen functional groups attached to an aromatic ring is 1. The summed E-state index contributed by atoms with van der Waals surface area (Å²) in [5.74, 6) is 0. The van der Waals surface area contributed by atoms with E-state index >= 15 is 0 Å². The Morgan fingerprint density at radius 1 is 1.31 bits per heavy atom. The van der Waals surface area contributed by atoms with E-state index in [4.69, 9.17) is 15.9 Å². The quantitative estimate of drug-likeness (QED) is 0.345. The van der Waals surface area contributed by atoms with Gasteiger partial charge in [0.05, 0.1) is 5.69 Å². The minimum Gasteiger partial charge on any atom is -0.444 e. The van der Waals surface area contributed by atoms with Crippen LogP contribution in [0.15, 0.2) is 42.6 Å². The van der Waals surface area contributed by atoms with Gasteiger partial charge in [-0.05, 0) is 63.1 Å². The number of amides is 1. The normalized spacial score (nSPS) is 14.2. The number of fused-ring (bicyclic) bond motifs is 1. The Morgan fingerprint density at radius 2 is 2.12 bits per heavy atom. The number of carbonyl (C=O) groups is 1. The van der Waals surface area contributed by atoms with Gasteiger partial charge < -0.3 is 31.1 Å². The van der Waals surface area contributed by atoms with Gasteiger partial charge in [-0.25, -0.2) is 9.78 Å². The molecular weight excluding hydrogens is 404 g/mol. The van der Waals surface area contributed by atoms with Crippen molar-refractivity contribution < 1.29 is 9.53 Å². The van der Waals surface area contributed by atoms with Crippen molar-refractivity contribution in [3.05, 3.63) is 53.9 Å². The molecule has 1 aromatic carbocycles. The average Bonchev–Trinajstić information content (AvgIpc) is 3.19. The predicted octanol–water partition coefficient (Wildman–Crippen LogP) is 4.91. The zero-order valence-electron chi connectivity index (χ0n) is 18.5. The zero-order valence-corrected chi connectivity index (χ0v) is 18.5. The van der Waals surface area contributed by atoms with E-state index in [9.17, 15) is 4.79 Å². The van der Waals surface area contributed by atoms with Crippen LogP contribution in [0, 0.1) is 5.41 Å². The maximum atomic E-state index is 12.3. The first-order valence-corrected chi connectivity index (χ1v) is 10.6. The van der Waals surface area contributed by atoms with Crippen LogP contribution in [0.3, 0.4) is 0 Å². The second-order valence-corrected chi connectivity index (χ2v) is 8.82. The minimum atomic E-state index is -0.503. The highest BCUT2D eigenvalue weighted by Gasteiger charge is 2.24. The van der Waals surface area contributed by atoms with Crippen molar-refractivity contribution in [2.45, 2.75) is 32.8 Å². The number of benzene rings is 1. The molecule has 166 valence electrons. The molecule has 0 saturated heterocycles. The number of hydrogen-bond donors (Lipinski definition) is 4. The van der Waals surface area contributed by atoms with Crippen LogP contribution in [0.25, 0.3) is 16.6 Å². The number of rotatable bonds is 4. The molecule has 0 unspecified atom stereocenters. The zero-order chi connectivity index (χ0) is 22.9. The summed E-state index contributed by atoms with van der Waals surface area (Å²) in [5, 5.41) is 11.9. The second kappa shape index (κ2) is 8.37. The lowest BCUT2D eigenvalue weighted by atomic mass is 10.0. The van der Waals surface area contributed by atoms with Crippen molar-refractivity contribution in [2.75, 3.05) is 24.1 Å². The Morgan fingerprint density at radius 3 is 2.81 bits per heavy atom. The van der Waals surface area contributed by atoms with E-state index in [-0.39, 0.29) is 6.09 Å². The van der Waals surface area contributed by atoms with Crippen LogP contribution >= 0.6 is 0 Å². The molecule has 8 heteroatoms. The van der Waals surface area contributed by atoms with E-state index in [1.54, 1.807) is 17.2 Å². The molecule has 0 atom stereocenters. The Bertz CT molecular complexity index is 1200. The Balaban J connectivity index is 1.55. The fourth-order valence-electron chi connectivity index (χ4n) is 3.65. The number of ether oxygens (including phenoxy) is 1. The van der Waals surface area contributed by atoms with Gasteiger partial charge in [0.2, 0.25) is 0 Å². The molecule has 0 spiro atoms. The van der Waals surface area contributed by atoms with Gasteiger partial charge in [0.15, 0.2) is 0 Å². The van der Waals surface area contributed by atoms with Crippen LogP contribution in [-0.2, 0) is 4.74 Å². The van der Waals surface area contributed by atoms with Gasteiger partial charge in [0.1, 0.15) is 11.2 Å². The topological polar surface area (TPSA) is 120 Å². The monoisotopic (exact) mass is 432 g/mol. The van der Waals surface area contributed by atoms with Gasteiger partial charge in [-0.2, -0.15) is 0 Å². The summed E-state index contributed by atoms with van der Waals surface area (Å²) in [4.78, 5) is 21.9. The number of nitrogens with one attached hydrogen (secondary N) is 3. The lowest BCUT2D eigenvalue weighted by Crippen LogP contribution is -2.39. The first kappa shape index (κ1) is 21.4. The highest BCUT2D eigenvalue weighted by molar-refractivity contribution is 5.95. The molecule has 0 saturated carbocycles. The summed E-state index contributed by atoms with van der Waals surface area (Å²) in [7, 11) is 0. The van der Waals surface area contributed by atoms with Gasteiger partial charge in [0.25, 0.3) is 0 Å². The molecule has 8 nitrogen and oxygen atoms in total. The number of H-pyrrole nitrogens is 1. The maximum Gasteiger partial charge on any atom is 0.410 e. The summed E-state index contributed by atoms with van der Waals surface area (Å²) in [6.45, 7) is 6.73. The summed E-state index contributed by atoms with van der Waals surface area (Å²) in [6.07, 6.45) is 5.49. The molecule has 1 amide bonds. The SMILES string of the molecule is CC(C)(C)OC(=O)N1CC=C(c2cc3c(Nc4ccc(N)c(C=N)c4)ccnc3[nH]2)CC1. The molecule has 1 aliphatic rings. The van der Waals surface area contributed by atoms with Crippen LogP contribution in [0.4, 0.5) is 21.9 Å². The maximum absolute atomic E-state index is 12.3. The van der Waals surface area contributed by atoms with Crippen LogP contribution < -0.4 is 11.1 Å². The van der Waals surface area contributed by atoms with Gasteiger partial charge in [0, 0.05) is 53.5 Å². The van der Waals surface area contributed by atoms with Gasteiger partial charge in [-0.3, -0.25) is 0 Å². The van der Waals surface area contributed by atoms with E-state index in [1.165, 1.54) is 6.21 Å². The van der Waals surface area contributed by atoms with Crippen LogP contribution in [0.5, 0.6) is 0 Å². The van der Waals surface area contributed by atoms with Gasteiger partial charge in [-0.15, -0.1) is 0 Å². The number of anilines is 3. The highest BCUT2D eigenvalue weighted by Crippen LogP contribution is 2.31. The molecule has 3 heterocycles. The smallest absolute Gasteiger partial charge is 0.410 e. The second-order valence-electron chi connectivity index (χ2n) is 8.82. The molecule has 32 heavy (non-hydrogen) atoms. The minimum absolute atomic E-state index is 0.287. The van der Waals surface area contributed by atoms with Crippen molar-refractivity contribution in [3.8, 4) is 0 Å². The predicted molar refractivity (Wildman–Crippen MR) is 129 cm³/mol. The molecule has 4 rings (SSSR count). The lowest BCUT2D eigenvalue weighted by Gasteiger charge is -2.29. The van der Waals surface area contributed by atoms with Crippen molar-refractivity contribution >= 4 is 46.0 Å². The Labute approximate surface area is 187 Å². The number of nitrogens with two attached hydrogens (primary N) is 1. The van der Waals surface area contributed by atoms with Gasteiger partial charge >= 0.3 is 6.09 Å². The van der Waals surface area contributed by atoms with Crippen LogP contribution in [0.1, 0.15) is 38.4 Å². The largest absolute Gasteiger partial charge is 0.444 e. The third kappa shape index (κ3) is 4.59. The molecule has 1 aliphatic heterocycles. The fraction of sp³-hybridized carbons (Fsp3) is 0.292. The summed E-state index contributed by atoms with van der Waals surface area (Å²) in [5.41, 5.74) is 11.3. The molecule has 0 aliphatic carbocycles. The number of carbonyl (C=O) groups excluding carboxylic acids is 1. The van der Waals surface area contributed by atoms with E-state index < -0.39 is 5.60 Å². The number of nitrogens with zero attached hydrogens (tertiary/aromatic N) is 2. The molecule has 0 bridgehead atoms. The molecule has 3 aromatic rings. The first-order chi connectivity index (χ1) is 15.2. The first-order valence-electron chi connectivity index (χ1n) is 10.6. The molecule has 0 radical (unpaired) electrons. The van der Waals surface area contributed by atoms with E-state index in [2.05, 4.69) is 27.4 Å². The van der Waals surface area contributed by atoms with Crippen molar-refractivity contribution in [1.29, 1.82) is 5.41 Å². The highest BCUT2D eigenvalue weighted by atomic mass is 16.6. The van der Waals surface area contributed by atoms with E-state index in [1.807, 2.05) is 39.0 Å². The van der Waals surface area contributed by atoms with Gasteiger partial charge in [-0.1, -0.05) is 6.08 Å². The standard InChI is InChI=1S/C24H28N6O2/c1-24(2,3)32-23(31)30-10-7-15(8-11-30)21-13-18-20(6-9-27-22(18)29-21)28-17-4-5-19(26)16(12-17)14-25/h4-7,9,12-14,25H,8,10-11,26H2,1-3H3,(H2,27,28,29). The fourth-order valence-corrected chi connectivity index (χ4v) is 3.65.